The molecule has 0 atom stereocenters. The van der Waals surface area contributed by atoms with Crippen LogP contribution in [0, 0.1) is 0 Å². The van der Waals surface area contributed by atoms with Crippen molar-refractivity contribution in [2.75, 3.05) is 18.5 Å². The van der Waals surface area contributed by atoms with Gasteiger partial charge in [0.2, 0.25) is 0 Å². The Morgan fingerprint density at radius 3 is 2.90 bits per heavy atom. The van der Waals surface area contributed by atoms with Crippen LogP contribution in [-0.4, -0.2) is 34.3 Å². The molecule has 2 aromatic rings. The highest BCUT2D eigenvalue weighted by atomic mass is 127. The van der Waals surface area contributed by atoms with E-state index in [2.05, 4.69) is 49.7 Å². The number of aromatic nitrogens is 3. The van der Waals surface area contributed by atoms with Crippen LogP contribution in [-0.2, 0) is 20.0 Å². The van der Waals surface area contributed by atoms with E-state index in [9.17, 15) is 0 Å². The minimum absolute atomic E-state index is 0. The second-order valence-electron chi connectivity index (χ2n) is 4.79. The average molecular weight is 398 g/mol. The van der Waals surface area contributed by atoms with Gasteiger partial charge in [-0.1, -0.05) is 18.2 Å². The number of hydrogen-bond donors (Lipinski definition) is 1. The lowest BCUT2D eigenvalue weighted by Crippen LogP contribution is -2.40. The Hall–Kier alpha value is -1.64. The number of fused-ring (bicyclic) bond motifs is 1. The van der Waals surface area contributed by atoms with Gasteiger partial charge in [0.1, 0.15) is 6.33 Å². The third-order valence-electron chi connectivity index (χ3n) is 3.56. The molecular formula is C14H19IN6. The van der Waals surface area contributed by atoms with E-state index in [1.165, 1.54) is 11.3 Å². The highest BCUT2D eigenvalue weighted by Gasteiger charge is 2.22. The van der Waals surface area contributed by atoms with Crippen LogP contribution < -0.4 is 10.2 Å². The summed E-state index contributed by atoms with van der Waals surface area (Å²) in [6.45, 7) is 1.57. The highest BCUT2D eigenvalue weighted by Crippen LogP contribution is 2.27. The molecule has 112 valence electrons. The number of hydrogen-bond acceptors (Lipinski definition) is 3. The highest BCUT2D eigenvalue weighted by molar-refractivity contribution is 14.0. The molecule has 0 saturated carbocycles. The van der Waals surface area contributed by atoms with E-state index in [4.69, 9.17) is 0 Å². The van der Waals surface area contributed by atoms with Crippen LogP contribution in [0.5, 0.6) is 0 Å². The summed E-state index contributed by atoms with van der Waals surface area (Å²) in [6.07, 6.45) is 2.76. The van der Waals surface area contributed by atoms with Crippen LogP contribution in [0.15, 0.2) is 35.6 Å². The fraction of sp³-hybridized carbons (Fsp3) is 0.357. The summed E-state index contributed by atoms with van der Waals surface area (Å²) in [5, 5.41) is 11.3. The third kappa shape index (κ3) is 3.17. The van der Waals surface area contributed by atoms with Crippen LogP contribution in [0.1, 0.15) is 11.4 Å². The van der Waals surface area contributed by atoms with Gasteiger partial charge in [0, 0.05) is 26.3 Å². The van der Waals surface area contributed by atoms with Gasteiger partial charge < -0.3 is 14.8 Å². The predicted molar refractivity (Wildman–Crippen MR) is 94.1 cm³/mol. The molecule has 1 N–H and O–H groups in total. The molecule has 0 bridgehead atoms. The Kier molecular flexibility index (Phi) is 5.16. The van der Waals surface area contributed by atoms with Crippen molar-refractivity contribution in [3.05, 3.63) is 42.0 Å². The summed E-state index contributed by atoms with van der Waals surface area (Å²) >= 11 is 0. The quantitative estimate of drug-likeness (QED) is 0.474. The smallest absolute Gasteiger partial charge is 0.198 e. The molecule has 0 radical (unpaired) electrons. The zero-order valence-electron chi connectivity index (χ0n) is 12.2. The van der Waals surface area contributed by atoms with Gasteiger partial charge in [0.05, 0.1) is 6.54 Å². The van der Waals surface area contributed by atoms with Crippen molar-refractivity contribution in [1.29, 1.82) is 0 Å². The van der Waals surface area contributed by atoms with E-state index >= 15 is 0 Å². The van der Waals surface area contributed by atoms with E-state index in [0.29, 0.717) is 6.54 Å². The number of nitrogens with zero attached hydrogens (tertiary/aromatic N) is 5. The van der Waals surface area contributed by atoms with E-state index in [1.54, 1.807) is 13.4 Å². The van der Waals surface area contributed by atoms with Gasteiger partial charge in [-0.2, -0.15) is 0 Å². The minimum atomic E-state index is 0. The molecule has 1 aromatic carbocycles. The van der Waals surface area contributed by atoms with Gasteiger partial charge in [0.25, 0.3) is 0 Å². The van der Waals surface area contributed by atoms with Gasteiger partial charge in [-0.25, -0.2) is 0 Å². The third-order valence-corrected chi connectivity index (χ3v) is 3.56. The van der Waals surface area contributed by atoms with Crippen LogP contribution in [0.2, 0.25) is 0 Å². The Morgan fingerprint density at radius 2 is 2.19 bits per heavy atom. The SMILES string of the molecule is CN=C(NCc1nncn1C)N1CCc2ccccc21.I. The maximum absolute atomic E-state index is 4.37. The van der Waals surface area contributed by atoms with Crippen molar-refractivity contribution in [3.8, 4) is 0 Å². The van der Waals surface area contributed by atoms with E-state index in [0.717, 1.165) is 24.7 Å². The van der Waals surface area contributed by atoms with Crippen molar-refractivity contribution in [1.82, 2.24) is 20.1 Å². The number of aryl methyl sites for hydroxylation is 1. The Bertz CT molecular complexity index is 636. The first-order valence-electron chi connectivity index (χ1n) is 6.68. The molecular weight excluding hydrogens is 379 g/mol. The molecule has 1 aromatic heterocycles. The van der Waals surface area contributed by atoms with Crippen molar-refractivity contribution in [3.63, 3.8) is 0 Å². The van der Waals surface area contributed by atoms with Gasteiger partial charge in [-0.3, -0.25) is 4.99 Å². The standard InChI is InChI=1S/C14H18N6.HI/c1-15-14(16-9-13-18-17-10-19(13)2)20-8-7-11-5-3-4-6-12(11)20;/h3-6,10H,7-9H2,1-2H3,(H,15,16);1H. The fourth-order valence-corrected chi connectivity index (χ4v) is 2.48. The van der Waals surface area contributed by atoms with Crippen molar-refractivity contribution in [2.24, 2.45) is 12.0 Å². The zero-order valence-corrected chi connectivity index (χ0v) is 14.5. The summed E-state index contributed by atoms with van der Waals surface area (Å²) in [7, 11) is 3.74. The Labute approximate surface area is 141 Å². The van der Waals surface area contributed by atoms with Crippen LogP contribution in [0.3, 0.4) is 0 Å². The second-order valence-corrected chi connectivity index (χ2v) is 4.79. The molecule has 0 unspecified atom stereocenters. The van der Waals surface area contributed by atoms with Crippen molar-refractivity contribution in [2.45, 2.75) is 13.0 Å². The van der Waals surface area contributed by atoms with Crippen molar-refractivity contribution >= 4 is 35.6 Å². The van der Waals surface area contributed by atoms with Crippen LogP contribution in [0.25, 0.3) is 0 Å². The van der Waals surface area contributed by atoms with Crippen LogP contribution in [0.4, 0.5) is 5.69 Å². The number of rotatable bonds is 2. The van der Waals surface area contributed by atoms with Gasteiger partial charge in [0.15, 0.2) is 11.8 Å². The molecule has 0 spiro atoms. The lowest BCUT2D eigenvalue weighted by Gasteiger charge is -2.22. The number of halogens is 1. The summed E-state index contributed by atoms with van der Waals surface area (Å²) in [5.74, 6) is 1.76. The molecule has 1 aliphatic heterocycles. The number of benzene rings is 1. The molecule has 3 rings (SSSR count). The van der Waals surface area contributed by atoms with Crippen molar-refractivity contribution < 1.29 is 0 Å². The first kappa shape index (κ1) is 15.7. The fourth-order valence-electron chi connectivity index (χ4n) is 2.48. The molecule has 21 heavy (non-hydrogen) atoms. The molecule has 6 nitrogen and oxygen atoms in total. The zero-order chi connectivity index (χ0) is 13.9. The number of anilines is 1. The topological polar surface area (TPSA) is 58.3 Å². The van der Waals surface area contributed by atoms with Crippen LogP contribution >= 0.6 is 24.0 Å². The lowest BCUT2D eigenvalue weighted by molar-refractivity contribution is 0.739. The number of guanidine groups is 1. The molecule has 7 heteroatoms. The Balaban J connectivity index is 0.00000161. The molecule has 0 amide bonds. The summed E-state index contributed by atoms with van der Waals surface area (Å²) in [4.78, 5) is 6.59. The lowest BCUT2D eigenvalue weighted by atomic mass is 10.2. The predicted octanol–water partition coefficient (Wildman–Crippen LogP) is 1.57. The number of nitrogens with one attached hydrogen (secondary N) is 1. The normalized spacial score (nSPS) is 13.8. The summed E-state index contributed by atoms with van der Waals surface area (Å²) in [6, 6.07) is 8.45. The molecule has 2 heterocycles. The molecule has 0 fully saturated rings. The minimum Gasteiger partial charge on any atom is -0.349 e. The van der Waals surface area contributed by atoms with Gasteiger partial charge in [-0.05, 0) is 18.1 Å². The number of para-hydroxylation sites is 1. The number of aliphatic imine (C=N–C) groups is 1. The summed E-state index contributed by atoms with van der Waals surface area (Å²) < 4.78 is 1.90. The van der Waals surface area contributed by atoms with Gasteiger partial charge >= 0.3 is 0 Å². The first-order valence-corrected chi connectivity index (χ1v) is 6.68. The maximum Gasteiger partial charge on any atom is 0.198 e. The van der Waals surface area contributed by atoms with Gasteiger partial charge in [-0.15, -0.1) is 34.2 Å². The molecule has 0 saturated heterocycles. The molecule has 0 aliphatic carbocycles. The average Bonchev–Trinajstić information content (AvgIpc) is 3.07. The second kappa shape index (κ2) is 6.88. The summed E-state index contributed by atoms with van der Waals surface area (Å²) in [5.41, 5.74) is 2.60. The van der Waals surface area contributed by atoms with E-state index < -0.39 is 0 Å². The monoisotopic (exact) mass is 398 g/mol. The largest absolute Gasteiger partial charge is 0.349 e. The first-order chi connectivity index (χ1) is 9.79. The molecule has 1 aliphatic rings. The maximum atomic E-state index is 4.37. The Morgan fingerprint density at radius 1 is 1.38 bits per heavy atom. The van der Waals surface area contributed by atoms with E-state index in [1.807, 2.05) is 11.6 Å². The van der Waals surface area contributed by atoms with E-state index in [-0.39, 0.29) is 24.0 Å².